The summed E-state index contributed by atoms with van der Waals surface area (Å²) in [5, 5.41) is 13.7. The number of rotatable bonds is 5. The summed E-state index contributed by atoms with van der Waals surface area (Å²) in [4.78, 5) is 19.6. The van der Waals surface area contributed by atoms with Crippen LogP contribution in [0.1, 0.15) is 27.9 Å². The summed E-state index contributed by atoms with van der Waals surface area (Å²) in [5.41, 5.74) is 4.65. The van der Waals surface area contributed by atoms with Crippen LogP contribution in [0.4, 0.5) is 9.18 Å². The van der Waals surface area contributed by atoms with Crippen LogP contribution in [0.15, 0.2) is 65.3 Å². The van der Waals surface area contributed by atoms with Crippen molar-refractivity contribution in [3.8, 4) is 6.07 Å². The van der Waals surface area contributed by atoms with Crippen molar-refractivity contribution in [2.45, 2.75) is 19.5 Å². The molecule has 0 saturated heterocycles. The number of nitriles is 1. The summed E-state index contributed by atoms with van der Waals surface area (Å²) in [5.74, 6) is -0.271. The number of halogens is 3. The van der Waals surface area contributed by atoms with Crippen LogP contribution in [0.3, 0.4) is 0 Å². The molecule has 186 valence electrons. The van der Waals surface area contributed by atoms with Crippen LogP contribution in [0.2, 0.25) is 5.15 Å². The van der Waals surface area contributed by atoms with Crippen LogP contribution in [-0.2, 0) is 19.5 Å². The van der Waals surface area contributed by atoms with Gasteiger partial charge in [0.15, 0.2) is 0 Å². The van der Waals surface area contributed by atoms with E-state index >= 15 is 0 Å². The molecule has 0 atom stereocenters. The number of benzene rings is 2. The Morgan fingerprint density at radius 2 is 2.11 bits per heavy atom. The lowest BCUT2D eigenvalue weighted by atomic mass is 10.0. The fourth-order valence-corrected chi connectivity index (χ4v) is 5.23. The Morgan fingerprint density at radius 3 is 2.92 bits per heavy atom. The van der Waals surface area contributed by atoms with Crippen molar-refractivity contribution in [3.63, 3.8) is 0 Å². The first-order valence-electron chi connectivity index (χ1n) is 11.7. The molecule has 1 aliphatic rings. The summed E-state index contributed by atoms with van der Waals surface area (Å²) in [7, 11) is 0. The van der Waals surface area contributed by atoms with E-state index in [1.165, 1.54) is 6.07 Å². The SMILES string of the molecule is N#Cc1ccc2c(c1)c1c(n2C(=O)NCc2ccnc(Cl)c2)CCN(CC=Cc2cc(Br)ccc2F)C1. The molecule has 2 aromatic carbocycles. The molecule has 0 spiro atoms. The largest absolute Gasteiger partial charge is 0.333 e. The van der Waals surface area contributed by atoms with E-state index in [2.05, 4.69) is 37.2 Å². The first-order valence-corrected chi connectivity index (χ1v) is 12.9. The molecule has 0 fully saturated rings. The van der Waals surface area contributed by atoms with Crippen molar-refractivity contribution in [3.05, 3.63) is 104 Å². The highest BCUT2D eigenvalue weighted by Gasteiger charge is 2.26. The first kappa shape index (κ1) is 25.2. The van der Waals surface area contributed by atoms with Crippen LogP contribution < -0.4 is 5.32 Å². The quantitative estimate of drug-likeness (QED) is 0.282. The summed E-state index contributed by atoms with van der Waals surface area (Å²) >= 11 is 9.36. The van der Waals surface area contributed by atoms with Gasteiger partial charge in [-0.15, -0.1) is 0 Å². The summed E-state index contributed by atoms with van der Waals surface area (Å²) < 4.78 is 16.6. The second-order valence-electron chi connectivity index (χ2n) is 8.80. The van der Waals surface area contributed by atoms with Crippen molar-refractivity contribution in [2.24, 2.45) is 0 Å². The van der Waals surface area contributed by atoms with Crippen LogP contribution in [0, 0.1) is 17.1 Å². The highest BCUT2D eigenvalue weighted by atomic mass is 79.9. The summed E-state index contributed by atoms with van der Waals surface area (Å²) in [6.07, 6.45) is 6.00. The summed E-state index contributed by atoms with van der Waals surface area (Å²) in [6, 6.07) is 15.7. The molecule has 3 heterocycles. The number of amides is 1. The number of nitrogens with zero attached hydrogens (tertiary/aromatic N) is 4. The maximum atomic E-state index is 14.1. The molecule has 0 bridgehead atoms. The normalized spacial score (nSPS) is 13.6. The highest BCUT2D eigenvalue weighted by molar-refractivity contribution is 9.10. The molecule has 1 aliphatic heterocycles. The standard InChI is InChI=1S/C28H22BrClFN5O/c29-21-4-5-24(31)20(14-21)2-1-10-35-11-8-26-23(17-35)22-12-18(15-32)3-6-25(22)36(26)28(37)34-16-19-7-9-33-27(30)13-19/h1-7,9,12-14H,8,10-11,16-17H2,(H,34,37). The number of hydrogen-bond donors (Lipinski definition) is 1. The minimum Gasteiger partial charge on any atom is -0.333 e. The lowest BCUT2D eigenvalue weighted by molar-refractivity contribution is 0.240. The molecule has 6 nitrogen and oxygen atoms in total. The fraction of sp³-hybridized carbons (Fsp3) is 0.179. The summed E-state index contributed by atoms with van der Waals surface area (Å²) in [6.45, 7) is 2.30. The van der Waals surface area contributed by atoms with Crippen molar-refractivity contribution in [2.75, 3.05) is 13.1 Å². The molecule has 5 rings (SSSR count). The van der Waals surface area contributed by atoms with Gasteiger partial charge in [0.2, 0.25) is 0 Å². The van der Waals surface area contributed by atoms with Gasteiger partial charge in [0.25, 0.3) is 0 Å². The number of pyridine rings is 1. The first-order chi connectivity index (χ1) is 17.9. The number of carbonyl (C=O) groups excluding carboxylic acids is 1. The lowest BCUT2D eigenvalue weighted by Crippen LogP contribution is -2.34. The fourth-order valence-electron chi connectivity index (χ4n) is 4.65. The van der Waals surface area contributed by atoms with E-state index in [0.29, 0.717) is 42.3 Å². The smallest absolute Gasteiger partial charge is 0.326 e. The van der Waals surface area contributed by atoms with Crippen molar-refractivity contribution in [1.82, 2.24) is 19.8 Å². The van der Waals surface area contributed by atoms with E-state index in [0.717, 1.165) is 38.7 Å². The van der Waals surface area contributed by atoms with Gasteiger partial charge in [-0.05, 0) is 59.7 Å². The zero-order chi connectivity index (χ0) is 25.9. The Kier molecular flexibility index (Phi) is 7.38. The van der Waals surface area contributed by atoms with Crippen molar-refractivity contribution < 1.29 is 9.18 Å². The van der Waals surface area contributed by atoms with Gasteiger partial charge in [-0.2, -0.15) is 5.26 Å². The van der Waals surface area contributed by atoms with E-state index in [-0.39, 0.29) is 11.8 Å². The Labute approximate surface area is 227 Å². The molecule has 0 aliphatic carbocycles. The van der Waals surface area contributed by atoms with Gasteiger partial charge < -0.3 is 5.32 Å². The maximum absolute atomic E-state index is 14.1. The predicted octanol–water partition coefficient (Wildman–Crippen LogP) is 6.29. The van der Waals surface area contributed by atoms with Crippen LogP contribution in [0.5, 0.6) is 0 Å². The average molecular weight is 579 g/mol. The predicted molar refractivity (Wildman–Crippen MR) is 146 cm³/mol. The van der Waals surface area contributed by atoms with E-state index in [4.69, 9.17) is 11.6 Å². The average Bonchev–Trinajstić information content (AvgIpc) is 3.22. The molecule has 0 saturated carbocycles. The van der Waals surface area contributed by atoms with E-state index < -0.39 is 0 Å². The van der Waals surface area contributed by atoms with Gasteiger partial charge in [-0.3, -0.25) is 9.47 Å². The van der Waals surface area contributed by atoms with Gasteiger partial charge in [0, 0.05) is 59.9 Å². The monoisotopic (exact) mass is 577 g/mol. The Morgan fingerprint density at radius 1 is 1.24 bits per heavy atom. The maximum Gasteiger partial charge on any atom is 0.326 e. The molecule has 0 unspecified atom stereocenters. The minimum absolute atomic E-state index is 0.234. The zero-order valence-electron chi connectivity index (χ0n) is 19.7. The van der Waals surface area contributed by atoms with E-state index in [9.17, 15) is 14.4 Å². The number of nitrogens with one attached hydrogen (secondary N) is 1. The molecule has 4 aromatic rings. The van der Waals surface area contributed by atoms with Gasteiger partial charge >= 0.3 is 6.03 Å². The number of carbonyl (C=O) groups is 1. The number of fused-ring (bicyclic) bond motifs is 3. The van der Waals surface area contributed by atoms with Crippen molar-refractivity contribution >= 4 is 50.5 Å². The number of hydrogen-bond acceptors (Lipinski definition) is 4. The molecule has 37 heavy (non-hydrogen) atoms. The van der Waals surface area contributed by atoms with Crippen LogP contribution in [-0.4, -0.2) is 33.6 Å². The molecule has 1 amide bonds. The molecule has 9 heteroatoms. The van der Waals surface area contributed by atoms with Gasteiger partial charge in [0.1, 0.15) is 11.0 Å². The Hall–Kier alpha value is -3.51. The van der Waals surface area contributed by atoms with Crippen molar-refractivity contribution in [1.29, 1.82) is 5.26 Å². The third-order valence-electron chi connectivity index (χ3n) is 6.41. The zero-order valence-corrected chi connectivity index (χ0v) is 22.1. The second-order valence-corrected chi connectivity index (χ2v) is 10.1. The van der Waals surface area contributed by atoms with Gasteiger partial charge in [-0.1, -0.05) is 39.7 Å². The van der Waals surface area contributed by atoms with Crippen LogP contribution in [0.25, 0.3) is 17.0 Å². The minimum atomic E-state index is -0.271. The topological polar surface area (TPSA) is 74.0 Å². The van der Waals surface area contributed by atoms with Gasteiger partial charge in [0.05, 0.1) is 17.1 Å². The van der Waals surface area contributed by atoms with Crippen LogP contribution >= 0.6 is 27.5 Å². The third kappa shape index (κ3) is 5.44. The van der Waals surface area contributed by atoms with E-state index in [1.807, 2.05) is 18.2 Å². The molecule has 2 aromatic heterocycles. The third-order valence-corrected chi connectivity index (χ3v) is 7.11. The molecular weight excluding hydrogens is 557 g/mol. The van der Waals surface area contributed by atoms with Gasteiger partial charge in [-0.25, -0.2) is 14.2 Å². The Balaban J connectivity index is 1.40. The molecular formula is C28H22BrClFN5O. The molecule has 1 N–H and O–H groups in total. The van der Waals surface area contributed by atoms with E-state index in [1.54, 1.807) is 47.2 Å². The Bertz CT molecular complexity index is 1580. The highest BCUT2D eigenvalue weighted by Crippen LogP contribution is 2.32. The molecule has 0 radical (unpaired) electrons. The lowest BCUT2D eigenvalue weighted by Gasteiger charge is -2.27. The second kappa shape index (κ2) is 10.9. The number of aromatic nitrogens is 2.